The number of rotatable bonds is 4. The quantitative estimate of drug-likeness (QED) is 0.633. The van der Waals surface area contributed by atoms with Crippen molar-refractivity contribution >= 4 is 31.9 Å². The molecule has 1 aliphatic rings. The van der Waals surface area contributed by atoms with Gasteiger partial charge in [-0.1, -0.05) is 51.8 Å². The minimum atomic E-state index is 0.300. The molecule has 100 valence electrons. The second-order valence-electron chi connectivity index (χ2n) is 5.16. The van der Waals surface area contributed by atoms with Gasteiger partial charge in [0.15, 0.2) is 0 Å². The average molecular weight is 376 g/mol. The Labute approximate surface area is 127 Å². The molecule has 1 nitrogen and oxygen atoms in total. The van der Waals surface area contributed by atoms with E-state index in [4.69, 9.17) is 4.74 Å². The minimum Gasteiger partial charge on any atom is -0.489 e. The first-order valence-electron chi connectivity index (χ1n) is 6.60. The zero-order chi connectivity index (χ0) is 13.3. The fourth-order valence-corrected chi connectivity index (χ4v) is 4.49. The lowest BCUT2D eigenvalue weighted by atomic mass is 9.62. The summed E-state index contributed by atoms with van der Waals surface area (Å²) < 4.78 is 7.35. The molecule has 0 bridgehead atoms. The molecule has 0 spiro atoms. The molecule has 0 aromatic heterocycles. The van der Waals surface area contributed by atoms with E-state index in [1.54, 1.807) is 0 Å². The van der Waals surface area contributed by atoms with Crippen LogP contribution in [0.15, 0.2) is 22.7 Å². The molecule has 1 saturated carbocycles. The van der Waals surface area contributed by atoms with Crippen molar-refractivity contribution in [2.24, 2.45) is 5.41 Å². The largest absolute Gasteiger partial charge is 0.489 e. The smallest absolute Gasteiger partial charge is 0.123 e. The summed E-state index contributed by atoms with van der Waals surface area (Å²) in [6.07, 6.45) is 3.77. The van der Waals surface area contributed by atoms with Crippen molar-refractivity contribution in [1.29, 1.82) is 0 Å². The number of halogens is 2. The molecule has 0 radical (unpaired) electrons. The molecule has 0 aliphatic heterocycles. The molecule has 2 atom stereocenters. The van der Waals surface area contributed by atoms with E-state index >= 15 is 0 Å². The molecule has 3 heteroatoms. The van der Waals surface area contributed by atoms with E-state index < -0.39 is 0 Å². The third-order valence-corrected chi connectivity index (χ3v) is 6.20. The first-order valence-corrected chi connectivity index (χ1v) is 8.31. The van der Waals surface area contributed by atoms with E-state index in [1.807, 2.05) is 0 Å². The van der Waals surface area contributed by atoms with Crippen molar-refractivity contribution in [3.05, 3.63) is 28.2 Å². The molecule has 0 amide bonds. The standard InChI is InChI=1S/C15H20Br2O/c1-4-15(5-2)13(17)9-14(15)18-12-8-11(16)7-6-10(12)3/h6-8,13-14H,4-5,9H2,1-3H3. The maximum Gasteiger partial charge on any atom is 0.123 e. The molecule has 1 aliphatic carbocycles. The Morgan fingerprint density at radius 3 is 2.56 bits per heavy atom. The molecule has 0 N–H and O–H groups in total. The summed E-state index contributed by atoms with van der Waals surface area (Å²) in [6.45, 7) is 6.63. The lowest BCUT2D eigenvalue weighted by molar-refractivity contribution is -0.0414. The molecular formula is C15H20Br2O. The van der Waals surface area contributed by atoms with Gasteiger partial charge >= 0.3 is 0 Å². The molecule has 0 heterocycles. The zero-order valence-electron chi connectivity index (χ0n) is 11.2. The van der Waals surface area contributed by atoms with E-state index in [1.165, 1.54) is 5.56 Å². The Morgan fingerprint density at radius 1 is 1.33 bits per heavy atom. The van der Waals surface area contributed by atoms with E-state index in [-0.39, 0.29) is 0 Å². The van der Waals surface area contributed by atoms with E-state index in [9.17, 15) is 0 Å². The highest BCUT2D eigenvalue weighted by Crippen LogP contribution is 2.52. The SMILES string of the molecule is CCC1(CC)C(Br)CC1Oc1cc(Br)ccc1C. The van der Waals surface area contributed by atoms with Crippen LogP contribution in [0, 0.1) is 12.3 Å². The van der Waals surface area contributed by atoms with Gasteiger partial charge in [-0.2, -0.15) is 0 Å². The molecule has 1 aromatic rings. The zero-order valence-corrected chi connectivity index (χ0v) is 14.3. The number of ether oxygens (including phenoxy) is 1. The minimum absolute atomic E-state index is 0.300. The van der Waals surface area contributed by atoms with Crippen LogP contribution >= 0.6 is 31.9 Å². The normalized spacial score (nSPS) is 25.6. The van der Waals surface area contributed by atoms with E-state index in [0.717, 1.165) is 29.5 Å². The van der Waals surface area contributed by atoms with Gasteiger partial charge in [-0.25, -0.2) is 0 Å². The molecule has 1 fully saturated rings. The highest BCUT2D eigenvalue weighted by atomic mass is 79.9. The maximum atomic E-state index is 6.27. The summed E-state index contributed by atoms with van der Waals surface area (Å²) in [5, 5.41) is 0. The second kappa shape index (κ2) is 5.54. The predicted molar refractivity (Wildman–Crippen MR) is 83.6 cm³/mol. The van der Waals surface area contributed by atoms with Crippen LogP contribution in [0.25, 0.3) is 0 Å². The molecule has 2 unspecified atom stereocenters. The fraction of sp³-hybridized carbons (Fsp3) is 0.600. The van der Waals surface area contributed by atoms with Crippen LogP contribution in [0.5, 0.6) is 5.75 Å². The number of hydrogen-bond donors (Lipinski definition) is 0. The van der Waals surface area contributed by atoms with Crippen LogP contribution < -0.4 is 4.74 Å². The van der Waals surface area contributed by atoms with Crippen LogP contribution in [0.1, 0.15) is 38.7 Å². The Hall–Kier alpha value is -0.0200. The van der Waals surface area contributed by atoms with Crippen LogP contribution in [0.4, 0.5) is 0 Å². The second-order valence-corrected chi connectivity index (χ2v) is 7.18. The van der Waals surface area contributed by atoms with Crippen molar-refractivity contribution in [3.63, 3.8) is 0 Å². The topological polar surface area (TPSA) is 9.23 Å². The summed E-state index contributed by atoms with van der Waals surface area (Å²) in [4.78, 5) is 0.595. The number of aryl methyl sites for hydroxylation is 1. The number of benzene rings is 1. The third-order valence-electron chi connectivity index (χ3n) is 4.42. The summed E-state index contributed by atoms with van der Waals surface area (Å²) in [7, 11) is 0. The first-order chi connectivity index (χ1) is 8.53. The highest BCUT2D eigenvalue weighted by molar-refractivity contribution is 9.10. The van der Waals surface area contributed by atoms with Crippen LogP contribution in [-0.2, 0) is 0 Å². The number of hydrogen-bond acceptors (Lipinski definition) is 1. The lowest BCUT2D eigenvalue weighted by Crippen LogP contribution is -2.56. The molecule has 0 saturated heterocycles. The summed E-state index contributed by atoms with van der Waals surface area (Å²) in [5.74, 6) is 1.01. The predicted octanol–water partition coefficient (Wildman–Crippen LogP) is 5.48. The van der Waals surface area contributed by atoms with Crippen LogP contribution in [0.3, 0.4) is 0 Å². The average Bonchev–Trinajstić information content (AvgIpc) is 2.35. The summed E-state index contributed by atoms with van der Waals surface area (Å²) >= 11 is 7.31. The van der Waals surface area contributed by atoms with Crippen molar-refractivity contribution in [2.45, 2.75) is 51.0 Å². The van der Waals surface area contributed by atoms with Crippen molar-refractivity contribution in [2.75, 3.05) is 0 Å². The van der Waals surface area contributed by atoms with Crippen molar-refractivity contribution in [3.8, 4) is 5.75 Å². The van der Waals surface area contributed by atoms with Gasteiger partial charge in [0.25, 0.3) is 0 Å². The summed E-state index contributed by atoms with van der Waals surface area (Å²) in [5.41, 5.74) is 1.51. The van der Waals surface area contributed by atoms with Gasteiger partial charge in [-0.3, -0.25) is 0 Å². The van der Waals surface area contributed by atoms with Gasteiger partial charge in [0.2, 0.25) is 0 Å². The Morgan fingerprint density at radius 2 is 2.00 bits per heavy atom. The van der Waals surface area contributed by atoms with Crippen molar-refractivity contribution in [1.82, 2.24) is 0 Å². The lowest BCUT2D eigenvalue weighted by Gasteiger charge is -2.52. The van der Waals surface area contributed by atoms with Gasteiger partial charge in [0, 0.05) is 14.7 Å². The van der Waals surface area contributed by atoms with Gasteiger partial charge in [-0.15, -0.1) is 0 Å². The van der Waals surface area contributed by atoms with Gasteiger partial charge in [0.1, 0.15) is 11.9 Å². The number of alkyl halides is 1. The monoisotopic (exact) mass is 374 g/mol. The first kappa shape index (κ1) is 14.4. The Balaban J connectivity index is 2.17. The molecule has 1 aromatic carbocycles. The molecule has 2 rings (SSSR count). The van der Waals surface area contributed by atoms with Gasteiger partial charge in [-0.05, 0) is 43.9 Å². The molecular weight excluding hydrogens is 356 g/mol. The van der Waals surface area contributed by atoms with Crippen LogP contribution in [0.2, 0.25) is 0 Å². The van der Waals surface area contributed by atoms with Gasteiger partial charge < -0.3 is 4.74 Å². The maximum absolute atomic E-state index is 6.27. The third kappa shape index (κ3) is 2.36. The molecule has 18 heavy (non-hydrogen) atoms. The fourth-order valence-electron chi connectivity index (χ4n) is 2.87. The van der Waals surface area contributed by atoms with E-state index in [0.29, 0.717) is 16.3 Å². The van der Waals surface area contributed by atoms with Crippen LogP contribution in [-0.4, -0.2) is 10.9 Å². The highest BCUT2D eigenvalue weighted by Gasteiger charge is 2.53. The Kier molecular flexibility index (Phi) is 4.43. The van der Waals surface area contributed by atoms with E-state index in [2.05, 4.69) is 70.8 Å². The Bertz CT molecular complexity index is 427. The van der Waals surface area contributed by atoms with Crippen molar-refractivity contribution < 1.29 is 4.74 Å². The van der Waals surface area contributed by atoms with Gasteiger partial charge in [0.05, 0.1) is 0 Å². The summed E-state index contributed by atoms with van der Waals surface area (Å²) in [6, 6.07) is 6.24.